The van der Waals surface area contributed by atoms with Gasteiger partial charge in [-0.05, 0) is 52.6 Å². The minimum Gasteiger partial charge on any atom is -0.444 e. The minimum atomic E-state index is -1.04. The van der Waals surface area contributed by atoms with E-state index in [4.69, 9.17) is 4.74 Å². The second-order valence-corrected chi connectivity index (χ2v) is 8.33. The molecule has 0 aromatic heterocycles. The summed E-state index contributed by atoms with van der Waals surface area (Å²) in [7, 11) is 1.98. The Kier molecular flexibility index (Phi) is 5.05. The van der Waals surface area contributed by atoms with Crippen molar-refractivity contribution in [3.05, 3.63) is 35.9 Å². The maximum Gasteiger partial charge on any atom is 0.410 e. The number of hydrogen-bond acceptors (Lipinski definition) is 3. The van der Waals surface area contributed by atoms with Crippen LogP contribution in [-0.4, -0.2) is 52.8 Å². The molecule has 1 aromatic carbocycles. The van der Waals surface area contributed by atoms with Crippen LogP contribution in [0.2, 0.25) is 0 Å². The second-order valence-electron chi connectivity index (χ2n) is 8.33. The molecule has 1 aromatic rings. The van der Waals surface area contributed by atoms with E-state index >= 15 is 4.39 Å². The van der Waals surface area contributed by atoms with Gasteiger partial charge in [-0.2, -0.15) is 0 Å². The quantitative estimate of drug-likeness (QED) is 0.828. The van der Waals surface area contributed by atoms with Crippen molar-refractivity contribution in [2.24, 2.45) is 0 Å². The first kappa shape index (κ1) is 18.2. The van der Waals surface area contributed by atoms with Crippen molar-refractivity contribution >= 4 is 6.09 Å². The van der Waals surface area contributed by atoms with E-state index in [0.29, 0.717) is 6.42 Å². The Labute approximate surface area is 149 Å². The minimum absolute atomic E-state index is 0.0788. The molecule has 2 aliphatic rings. The molecule has 1 unspecified atom stereocenters. The number of fused-ring (bicyclic) bond motifs is 2. The van der Waals surface area contributed by atoms with Crippen molar-refractivity contribution in [3.63, 3.8) is 0 Å². The fourth-order valence-corrected chi connectivity index (χ4v) is 4.13. The Bertz CT molecular complexity index is 601. The van der Waals surface area contributed by atoms with Crippen LogP contribution in [0.5, 0.6) is 0 Å². The molecule has 0 aliphatic carbocycles. The fourth-order valence-electron chi connectivity index (χ4n) is 4.13. The van der Waals surface area contributed by atoms with Crippen LogP contribution in [0.3, 0.4) is 0 Å². The van der Waals surface area contributed by atoms with Gasteiger partial charge in [-0.3, -0.25) is 9.80 Å². The summed E-state index contributed by atoms with van der Waals surface area (Å²) < 4.78 is 20.7. The third kappa shape index (κ3) is 3.97. The van der Waals surface area contributed by atoms with Crippen molar-refractivity contribution in [2.75, 3.05) is 7.05 Å². The SMILES string of the molecule is CN(Cc1ccccc1)[C@@H]1C[C@H]2CCC([C@@H]1F)N2C(=O)OC(C)(C)C. The number of carbonyl (C=O) groups is 1. The van der Waals surface area contributed by atoms with E-state index in [0.717, 1.165) is 19.4 Å². The van der Waals surface area contributed by atoms with Gasteiger partial charge in [0.1, 0.15) is 11.8 Å². The number of amides is 1. The van der Waals surface area contributed by atoms with Gasteiger partial charge in [-0.25, -0.2) is 9.18 Å². The van der Waals surface area contributed by atoms with Crippen LogP contribution < -0.4 is 0 Å². The van der Waals surface area contributed by atoms with Gasteiger partial charge < -0.3 is 4.74 Å². The van der Waals surface area contributed by atoms with Gasteiger partial charge in [-0.15, -0.1) is 0 Å². The van der Waals surface area contributed by atoms with E-state index in [1.165, 1.54) is 5.56 Å². The number of carbonyl (C=O) groups excluding carboxylic acids is 1. The molecule has 5 heteroatoms. The Morgan fingerprint density at radius 2 is 1.96 bits per heavy atom. The summed E-state index contributed by atoms with van der Waals surface area (Å²) in [5, 5.41) is 0. The van der Waals surface area contributed by atoms with E-state index in [1.807, 2.05) is 46.0 Å². The van der Waals surface area contributed by atoms with Crippen LogP contribution >= 0.6 is 0 Å². The zero-order valence-electron chi connectivity index (χ0n) is 15.6. The summed E-state index contributed by atoms with van der Waals surface area (Å²) in [6.07, 6.45) is 0.841. The normalized spacial score (nSPS) is 29.1. The molecule has 2 saturated heterocycles. The topological polar surface area (TPSA) is 32.8 Å². The lowest BCUT2D eigenvalue weighted by atomic mass is 9.94. The monoisotopic (exact) mass is 348 g/mol. The number of rotatable bonds is 3. The number of piperidine rings is 1. The number of alkyl halides is 1. The fraction of sp³-hybridized carbons (Fsp3) is 0.650. The predicted octanol–water partition coefficient (Wildman–Crippen LogP) is 4.00. The molecule has 4 nitrogen and oxygen atoms in total. The number of halogens is 1. The number of hydrogen-bond donors (Lipinski definition) is 0. The molecule has 25 heavy (non-hydrogen) atoms. The molecule has 2 fully saturated rings. The van der Waals surface area contributed by atoms with Gasteiger partial charge in [0.25, 0.3) is 0 Å². The molecule has 1 amide bonds. The molecule has 0 radical (unpaired) electrons. The van der Waals surface area contributed by atoms with E-state index < -0.39 is 11.8 Å². The zero-order valence-corrected chi connectivity index (χ0v) is 15.6. The van der Waals surface area contributed by atoms with Crippen LogP contribution in [-0.2, 0) is 11.3 Å². The van der Waals surface area contributed by atoms with Gasteiger partial charge in [0, 0.05) is 18.6 Å². The lowest BCUT2D eigenvalue weighted by molar-refractivity contribution is -0.0304. The van der Waals surface area contributed by atoms with Crippen LogP contribution in [0.15, 0.2) is 30.3 Å². The van der Waals surface area contributed by atoms with Crippen molar-refractivity contribution in [1.29, 1.82) is 0 Å². The van der Waals surface area contributed by atoms with Crippen LogP contribution in [0.25, 0.3) is 0 Å². The Balaban J connectivity index is 1.68. The molecular weight excluding hydrogens is 319 g/mol. The number of nitrogens with zero attached hydrogens (tertiary/aromatic N) is 2. The summed E-state index contributed by atoms with van der Waals surface area (Å²) in [5.41, 5.74) is 0.627. The van der Waals surface area contributed by atoms with Crippen molar-refractivity contribution in [3.8, 4) is 0 Å². The van der Waals surface area contributed by atoms with Gasteiger partial charge >= 0.3 is 6.09 Å². The highest BCUT2D eigenvalue weighted by Crippen LogP contribution is 2.40. The molecule has 0 saturated carbocycles. The first-order valence-corrected chi connectivity index (χ1v) is 9.16. The lowest BCUT2D eigenvalue weighted by Crippen LogP contribution is -2.59. The highest BCUT2D eigenvalue weighted by molar-refractivity contribution is 5.70. The standard InChI is InChI=1S/C20H29FN2O2/c1-20(2,3)25-19(24)23-15-10-11-16(23)18(21)17(12-15)22(4)13-14-8-6-5-7-9-14/h5-9,15-18H,10-13H2,1-4H3/t15-,16?,17-,18+/m1/s1. The Morgan fingerprint density at radius 1 is 1.28 bits per heavy atom. The maximum absolute atomic E-state index is 15.2. The Hall–Kier alpha value is -1.62. The molecular formula is C20H29FN2O2. The van der Waals surface area contributed by atoms with Crippen LogP contribution in [0, 0.1) is 0 Å². The molecule has 0 spiro atoms. The highest BCUT2D eigenvalue weighted by Gasteiger charge is 2.51. The third-order valence-corrected chi connectivity index (χ3v) is 5.24. The van der Waals surface area contributed by atoms with Gasteiger partial charge in [0.05, 0.1) is 6.04 Å². The number of ether oxygens (including phenoxy) is 1. The summed E-state index contributed by atoms with van der Waals surface area (Å²) in [6.45, 7) is 6.26. The van der Waals surface area contributed by atoms with Crippen molar-refractivity contribution < 1.29 is 13.9 Å². The van der Waals surface area contributed by atoms with Gasteiger partial charge in [0.15, 0.2) is 0 Å². The van der Waals surface area contributed by atoms with Gasteiger partial charge in [-0.1, -0.05) is 30.3 Å². The molecule has 2 bridgehead atoms. The van der Waals surface area contributed by atoms with Crippen molar-refractivity contribution in [1.82, 2.24) is 9.80 Å². The average molecular weight is 348 g/mol. The summed E-state index contributed by atoms with van der Waals surface area (Å²) in [5.74, 6) is 0. The molecule has 3 rings (SSSR count). The third-order valence-electron chi connectivity index (χ3n) is 5.24. The highest BCUT2D eigenvalue weighted by atomic mass is 19.1. The second kappa shape index (κ2) is 6.94. The first-order chi connectivity index (χ1) is 11.8. The van der Waals surface area contributed by atoms with Crippen molar-refractivity contribution in [2.45, 2.75) is 76.5 Å². The molecule has 2 heterocycles. The van der Waals surface area contributed by atoms with Crippen LogP contribution in [0.1, 0.15) is 45.6 Å². The van der Waals surface area contributed by atoms with Crippen LogP contribution in [0.4, 0.5) is 9.18 Å². The maximum atomic E-state index is 15.2. The number of benzene rings is 1. The first-order valence-electron chi connectivity index (χ1n) is 9.16. The van der Waals surface area contributed by atoms with E-state index in [9.17, 15) is 4.79 Å². The smallest absolute Gasteiger partial charge is 0.410 e. The summed E-state index contributed by atoms with van der Waals surface area (Å²) in [6, 6.07) is 9.68. The van der Waals surface area contributed by atoms with E-state index in [-0.39, 0.29) is 24.2 Å². The molecule has 2 aliphatic heterocycles. The predicted molar refractivity (Wildman–Crippen MR) is 96.1 cm³/mol. The molecule has 4 atom stereocenters. The largest absolute Gasteiger partial charge is 0.444 e. The average Bonchev–Trinajstić information content (AvgIpc) is 2.87. The molecule has 138 valence electrons. The van der Waals surface area contributed by atoms with E-state index in [1.54, 1.807) is 4.90 Å². The Morgan fingerprint density at radius 3 is 2.60 bits per heavy atom. The van der Waals surface area contributed by atoms with Gasteiger partial charge in [0.2, 0.25) is 0 Å². The summed E-state index contributed by atoms with van der Waals surface area (Å²) >= 11 is 0. The summed E-state index contributed by atoms with van der Waals surface area (Å²) in [4.78, 5) is 16.3. The van der Waals surface area contributed by atoms with E-state index in [2.05, 4.69) is 17.0 Å². The molecule has 0 N–H and O–H groups in total. The zero-order chi connectivity index (χ0) is 18.2. The lowest BCUT2D eigenvalue weighted by Gasteiger charge is -2.44.